The summed E-state index contributed by atoms with van der Waals surface area (Å²) < 4.78 is 11.1. The van der Waals surface area contributed by atoms with Crippen molar-refractivity contribution in [1.82, 2.24) is 10.2 Å². The Morgan fingerprint density at radius 3 is 2.71 bits per heavy atom. The molecule has 2 saturated heterocycles. The van der Waals surface area contributed by atoms with E-state index in [0.29, 0.717) is 12.2 Å². The second-order valence-corrected chi connectivity index (χ2v) is 6.50. The highest BCUT2D eigenvalue weighted by Crippen LogP contribution is 2.55. The Balaban J connectivity index is 1.81. The maximum absolute atomic E-state index is 13.0. The molecule has 0 aromatic carbocycles. The Morgan fingerprint density at radius 2 is 2.08 bits per heavy atom. The number of nitrogens with one attached hydrogen (secondary N) is 1. The monoisotopic (exact) mass is 336 g/mol. The predicted molar refractivity (Wildman–Crippen MR) is 80.5 cm³/mol. The fourth-order valence-electron chi connectivity index (χ4n) is 4.44. The van der Waals surface area contributed by atoms with Crippen molar-refractivity contribution >= 4 is 11.6 Å². The summed E-state index contributed by atoms with van der Waals surface area (Å²) in [6.45, 7) is 1.48. The van der Waals surface area contributed by atoms with Crippen LogP contribution in [0.1, 0.15) is 6.92 Å². The molecule has 0 spiro atoms. The van der Waals surface area contributed by atoms with E-state index in [-0.39, 0.29) is 54.6 Å². The summed E-state index contributed by atoms with van der Waals surface area (Å²) in [5.74, 6) is -1.35. The van der Waals surface area contributed by atoms with Crippen LogP contribution in [0.2, 0.25) is 0 Å². The number of allylic oxidation sites excluding steroid dienone is 2. The Labute approximate surface area is 138 Å². The third-order valence-corrected chi connectivity index (χ3v) is 5.50. The van der Waals surface area contributed by atoms with Crippen molar-refractivity contribution in [2.75, 3.05) is 33.5 Å². The molecule has 2 fully saturated rings. The van der Waals surface area contributed by atoms with Crippen molar-refractivity contribution in [1.29, 1.82) is 0 Å². The average Bonchev–Trinajstić information content (AvgIpc) is 3.19. The van der Waals surface area contributed by atoms with Crippen molar-refractivity contribution in [3.05, 3.63) is 22.6 Å². The first-order valence-electron chi connectivity index (χ1n) is 8.00. The Hall–Kier alpha value is -1.74. The van der Waals surface area contributed by atoms with Crippen LogP contribution in [0.4, 0.5) is 0 Å². The number of Topliss-reactive ketones (excluding diaryl/α,β-unsaturated/α-hetero) is 2. The summed E-state index contributed by atoms with van der Waals surface area (Å²) in [5.41, 5.74) is -0.106. The summed E-state index contributed by atoms with van der Waals surface area (Å²) in [4.78, 5) is 27.7. The van der Waals surface area contributed by atoms with Crippen LogP contribution in [-0.2, 0) is 19.1 Å². The van der Waals surface area contributed by atoms with Crippen molar-refractivity contribution in [2.45, 2.75) is 24.7 Å². The van der Waals surface area contributed by atoms with Gasteiger partial charge >= 0.3 is 0 Å². The molecule has 8 nitrogen and oxygen atoms in total. The van der Waals surface area contributed by atoms with E-state index in [1.54, 1.807) is 6.92 Å². The highest BCUT2D eigenvalue weighted by Gasteiger charge is 2.72. The first kappa shape index (κ1) is 15.8. The lowest BCUT2D eigenvalue weighted by molar-refractivity contribution is -0.137. The Bertz CT molecular complexity index is 699. The van der Waals surface area contributed by atoms with E-state index in [9.17, 15) is 14.7 Å². The molecule has 4 rings (SSSR count). The molecule has 3 N–H and O–H groups in total. The summed E-state index contributed by atoms with van der Waals surface area (Å²) >= 11 is 0. The SMILES string of the molecule is COC12C(CO)C3=C(C(=O)C(C)=C(OCCO)C3=O)N1CC1NC12. The first-order chi connectivity index (χ1) is 11.5. The maximum Gasteiger partial charge on any atom is 0.226 e. The molecule has 0 aromatic heterocycles. The summed E-state index contributed by atoms with van der Waals surface area (Å²) in [5, 5.41) is 22.2. The van der Waals surface area contributed by atoms with Crippen LogP contribution in [0, 0.1) is 5.92 Å². The molecule has 130 valence electrons. The minimum absolute atomic E-state index is 0.0204. The number of rotatable bonds is 5. The normalized spacial score (nSPS) is 37.0. The number of carbonyl (C=O) groups is 2. The van der Waals surface area contributed by atoms with Crippen LogP contribution in [-0.4, -0.2) is 78.0 Å². The van der Waals surface area contributed by atoms with Gasteiger partial charge in [0.05, 0.1) is 30.9 Å². The van der Waals surface area contributed by atoms with Gasteiger partial charge in [0.2, 0.25) is 11.6 Å². The van der Waals surface area contributed by atoms with Gasteiger partial charge in [-0.05, 0) is 6.92 Å². The summed E-state index contributed by atoms with van der Waals surface area (Å²) in [6, 6.07) is 0.181. The van der Waals surface area contributed by atoms with E-state index < -0.39 is 17.4 Å². The van der Waals surface area contributed by atoms with Crippen LogP contribution < -0.4 is 5.32 Å². The number of ether oxygens (including phenoxy) is 2. The van der Waals surface area contributed by atoms with E-state index in [1.165, 1.54) is 7.11 Å². The Kier molecular flexibility index (Phi) is 3.37. The van der Waals surface area contributed by atoms with Gasteiger partial charge in [0, 0.05) is 30.8 Å². The first-order valence-corrected chi connectivity index (χ1v) is 8.00. The molecule has 4 aliphatic rings. The molecule has 0 saturated carbocycles. The van der Waals surface area contributed by atoms with Gasteiger partial charge < -0.3 is 29.9 Å². The van der Waals surface area contributed by atoms with Crippen molar-refractivity contribution in [2.24, 2.45) is 5.92 Å². The van der Waals surface area contributed by atoms with E-state index in [1.807, 2.05) is 4.90 Å². The number of methoxy groups -OCH3 is 1. The van der Waals surface area contributed by atoms with Crippen molar-refractivity contribution < 1.29 is 29.3 Å². The fraction of sp³-hybridized carbons (Fsp3) is 0.625. The second-order valence-electron chi connectivity index (χ2n) is 6.50. The van der Waals surface area contributed by atoms with Crippen molar-refractivity contribution in [3.8, 4) is 0 Å². The van der Waals surface area contributed by atoms with Gasteiger partial charge in [0.15, 0.2) is 11.5 Å². The molecular formula is C16H20N2O6. The van der Waals surface area contributed by atoms with Crippen LogP contribution >= 0.6 is 0 Å². The highest BCUT2D eigenvalue weighted by atomic mass is 16.5. The average molecular weight is 336 g/mol. The quantitative estimate of drug-likeness (QED) is 0.401. The molecule has 0 aromatic rings. The maximum atomic E-state index is 13.0. The minimum Gasteiger partial charge on any atom is -0.487 e. The minimum atomic E-state index is -0.915. The largest absolute Gasteiger partial charge is 0.487 e. The molecule has 0 bridgehead atoms. The van der Waals surface area contributed by atoms with Crippen LogP contribution in [0.15, 0.2) is 22.6 Å². The van der Waals surface area contributed by atoms with Gasteiger partial charge in [0.1, 0.15) is 6.61 Å². The number of aliphatic hydroxyl groups excluding tert-OH is 2. The standard InChI is InChI=1S/C16H20N2O6/c1-7-12(21)11-10(13(22)14(7)24-4-3-19)8(6-20)16(23-2)15-9(17-15)5-18(11)16/h8-9,15,17,19-20H,3-6H2,1-2H3. The lowest BCUT2D eigenvalue weighted by Crippen LogP contribution is -2.54. The molecule has 24 heavy (non-hydrogen) atoms. The predicted octanol–water partition coefficient (Wildman–Crippen LogP) is -1.70. The van der Waals surface area contributed by atoms with E-state index in [4.69, 9.17) is 14.6 Å². The molecule has 4 atom stereocenters. The zero-order chi connectivity index (χ0) is 17.2. The van der Waals surface area contributed by atoms with Crippen molar-refractivity contribution in [3.63, 3.8) is 0 Å². The van der Waals surface area contributed by atoms with E-state index in [0.717, 1.165) is 0 Å². The second kappa shape index (κ2) is 5.13. The Morgan fingerprint density at radius 1 is 1.33 bits per heavy atom. The van der Waals surface area contributed by atoms with Crippen LogP contribution in [0.25, 0.3) is 0 Å². The van der Waals surface area contributed by atoms with E-state index in [2.05, 4.69) is 5.32 Å². The number of hydrogen-bond donors (Lipinski definition) is 3. The molecule has 3 aliphatic heterocycles. The van der Waals surface area contributed by atoms with Gasteiger partial charge in [-0.25, -0.2) is 0 Å². The highest BCUT2D eigenvalue weighted by molar-refractivity contribution is 6.25. The zero-order valence-corrected chi connectivity index (χ0v) is 13.5. The number of piperazine rings is 1. The van der Waals surface area contributed by atoms with Gasteiger partial charge in [-0.15, -0.1) is 0 Å². The lowest BCUT2D eigenvalue weighted by Gasteiger charge is -2.39. The zero-order valence-electron chi connectivity index (χ0n) is 13.5. The van der Waals surface area contributed by atoms with Gasteiger partial charge in [-0.2, -0.15) is 0 Å². The van der Waals surface area contributed by atoms with Crippen LogP contribution in [0.3, 0.4) is 0 Å². The number of ketones is 2. The van der Waals surface area contributed by atoms with Crippen LogP contribution in [0.5, 0.6) is 0 Å². The van der Waals surface area contributed by atoms with Gasteiger partial charge in [0.25, 0.3) is 0 Å². The number of aliphatic hydroxyl groups is 2. The molecule has 3 heterocycles. The molecule has 8 heteroatoms. The summed E-state index contributed by atoms with van der Waals surface area (Å²) in [7, 11) is 1.54. The molecule has 1 aliphatic carbocycles. The third-order valence-electron chi connectivity index (χ3n) is 5.50. The number of hydrogen-bond acceptors (Lipinski definition) is 8. The third kappa shape index (κ3) is 1.66. The van der Waals surface area contributed by atoms with E-state index >= 15 is 0 Å². The summed E-state index contributed by atoms with van der Waals surface area (Å²) in [6.07, 6.45) is 0. The topological polar surface area (TPSA) is 118 Å². The molecule has 0 radical (unpaired) electrons. The molecule has 0 amide bonds. The smallest absolute Gasteiger partial charge is 0.226 e. The lowest BCUT2D eigenvalue weighted by atomic mass is 9.83. The molecular weight excluding hydrogens is 316 g/mol. The number of carbonyl (C=O) groups excluding carboxylic acids is 2. The number of fused-ring (bicyclic) bond motifs is 4. The fourth-order valence-corrected chi connectivity index (χ4v) is 4.44. The van der Waals surface area contributed by atoms with Gasteiger partial charge in [-0.1, -0.05) is 0 Å². The molecule has 4 unspecified atom stereocenters. The van der Waals surface area contributed by atoms with Gasteiger partial charge in [-0.3, -0.25) is 9.59 Å². The number of nitrogens with zero attached hydrogens (tertiary/aromatic N) is 1.